The molecular weight excluding hydrogens is 216 g/mol. The molecule has 1 atom stereocenters. The molecule has 0 bridgehead atoms. The van der Waals surface area contributed by atoms with Crippen molar-refractivity contribution in [2.75, 3.05) is 12.4 Å². The van der Waals surface area contributed by atoms with Crippen LogP contribution in [0.15, 0.2) is 24.3 Å². The molecule has 1 saturated carbocycles. The molecule has 0 aromatic heterocycles. The second-order valence-electron chi connectivity index (χ2n) is 4.49. The Kier molecular flexibility index (Phi) is 3.64. The van der Waals surface area contributed by atoms with Gasteiger partial charge in [0.25, 0.3) is 0 Å². The summed E-state index contributed by atoms with van der Waals surface area (Å²) in [4.78, 5) is 11.7. The summed E-state index contributed by atoms with van der Waals surface area (Å²) in [6.45, 7) is 0. The van der Waals surface area contributed by atoms with Crippen molar-refractivity contribution < 1.29 is 9.53 Å². The molecule has 1 unspecified atom stereocenters. The van der Waals surface area contributed by atoms with E-state index in [9.17, 15) is 4.79 Å². The van der Waals surface area contributed by atoms with Crippen molar-refractivity contribution in [1.82, 2.24) is 0 Å². The minimum absolute atomic E-state index is 0.000563. The lowest BCUT2D eigenvalue weighted by atomic mass is 10.1. The van der Waals surface area contributed by atoms with Crippen molar-refractivity contribution in [2.45, 2.75) is 25.3 Å². The minimum atomic E-state index is -0.0300. The minimum Gasteiger partial charge on any atom is -0.497 e. The predicted octanol–water partition coefficient (Wildman–Crippen LogP) is 1.76. The summed E-state index contributed by atoms with van der Waals surface area (Å²) < 4.78 is 5.09. The monoisotopic (exact) mass is 234 g/mol. The number of rotatable bonds is 5. The Labute approximate surface area is 101 Å². The molecule has 1 aliphatic rings. The summed E-state index contributed by atoms with van der Waals surface area (Å²) in [6, 6.07) is 7.31. The Balaban J connectivity index is 1.88. The van der Waals surface area contributed by atoms with Gasteiger partial charge in [0.15, 0.2) is 0 Å². The van der Waals surface area contributed by atoms with E-state index in [1.54, 1.807) is 13.2 Å². The first-order valence-electron chi connectivity index (χ1n) is 5.88. The molecule has 1 fully saturated rings. The summed E-state index contributed by atoms with van der Waals surface area (Å²) >= 11 is 0. The van der Waals surface area contributed by atoms with Crippen LogP contribution in [-0.4, -0.2) is 19.1 Å². The molecule has 1 aromatic carbocycles. The molecule has 4 nitrogen and oxygen atoms in total. The maximum absolute atomic E-state index is 11.7. The van der Waals surface area contributed by atoms with Crippen LogP contribution in [0.1, 0.15) is 19.3 Å². The standard InChI is InChI=1S/C13H18N2O2/c1-17-11-4-2-3-10(7-11)15-13(16)8-12(14)9-5-6-9/h2-4,7,9,12H,5-6,8,14H2,1H3,(H,15,16). The van der Waals surface area contributed by atoms with Gasteiger partial charge in [0.1, 0.15) is 5.75 Å². The number of nitrogens with two attached hydrogens (primary N) is 1. The summed E-state index contributed by atoms with van der Waals surface area (Å²) in [5.41, 5.74) is 6.65. The first kappa shape index (κ1) is 11.9. The molecule has 1 aliphatic carbocycles. The molecule has 0 saturated heterocycles. The van der Waals surface area contributed by atoms with Crippen LogP contribution in [0.5, 0.6) is 5.75 Å². The van der Waals surface area contributed by atoms with Gasteiger partial charge in [-0.25, -0.2) is 0 Å². The van der Waals surface area contributed by atoms with Crippen LogP contribution in [-0.2, 0) is 4.79 Å². The van der Waals surface area contributed by atoms with E-state index in [4.69, 9.17) is 10.5 Å². The van der Waals surface area contributed by atoms with E-state index in [1.165, 1.54) is 0 Å². The fraction of sp³-hybridized carbons (Fsp3) is 0.462. The van der Waals surface area contributed by atoms with Crippen LogP contribution >= 0.6 is 0 Å². The number of benzene rings is 1. The number of hydrogen-bond donors (Lipinski definition) is 2. The van der Waals surface area contributed by atoms with Gasteiger partial charge < -0.3 is 15.8 Å². The number of amides is 1. The molecule has 0 aliphatic heterocycles. The number of carbonyl (C=O) groups excluding carboxylic acids is 1. The zero-order valence-corrected chi connectivity index (χ0v) is 9.98. The van der Waals surface area contributed by atoms with E-state index < -0.39 is 0 Å². The van der Waals surface area contributed by atoms with E-state index in [2.05, 4.69) is 5.32 Å². The van der Waals surface area contributed by atoms with Gasteiger partial charge in [0.05, 0.1) is 7.11 Å². The number of carbonyl (C=O) groups is 1. The van der Waals surface area contributed by atoms with Gasteiger partial charge in [-0.05, 0) is 30.9 Å². The SMILES string of the molecule is COc1cccc(NC(=O)CC(N)C2CC2)c1. The summed E-state index contributed by atoms with van der Waals surface area (Å²) in [6.07, 6.45) is 2.71. The topological polar surface area (TPSA) is 64.3 Å². The highest BCUT2D eigenvalue weighted by molar-refractivity contribution is 5.91. The fourth-order valence-electron chi connectivity index (χ4n) is 1.82. The van der Waals surface area contributed by atoms with E-state index in [0.29, 0.717) is 12.3 Å². The second kappa shape index (κ2) is 5.19. The van der Waals surface area contributed by atoms with Crippen LogP contribution in [0.2, 0.25) is 0 Å². The largest absolute Gasteiger partial charge is 0.497 e. The van der Waals surface area contributed by atoms with Crippen LogP contribution < -0.4 is 15.8 Å². The van der Waals surface area contributed by atoms with Crippen molar-refractivity contribution in [1.29, 1.82) is 0 Å². The van der Waals surface area contributed by atoms with Crippen LogP contribution in [0.3, 0.4) is 0 Å². The zero-order valence-electron chi connectivity index (χ0n) is 9.98. The van der Waals surface area contributed by atoms with Gasteiger partial charge in [-0.15, -0.1) is 0 Å². The molecule has 4 heteroatoms. The lowest BCUT2D eigenvalue weighted by Gasteiger charge is -2.11. The molecule has 17 heavy (non-hydrogen) atoms. The molecule has 1 amide bonds. The predicted molar refractivity (Wildman–Crippen MR) is 66.9 cm³/mol. The quantitative estimate of drug-likeness (QED) is 0.816. The van der Waals surface area contributed by atoms with Gasteiger partial charge in [0, 0.05) is 24.2 Å². The molecule has 0 radical (unpaired) electrons. The maximum Gasteiger partial charge on any atom is 0.225 e. The molecule has 3 N–H and O–H groups in total. The average molecular weight is 234 g/mol. The number of anilines is 1. The maximum atomic E-state index is 11.7. The third-order valence-electron chi connectivity index (χ3n) is 3.00. The molecule has 1 aromatic rings. The van der Waals surface area contributed by atoms with Gasteiger partial charge in [-0.3, -0.25) is 4.79 Å². The highest BCUT2D eigenvalue weighted by atomic mass is 16.5. The molecular formula is C13H18N2O2. The van der Waals surface area contributed by atoms with E-state index in [1.807, 2.05) is 18.2 Å². The summed E-state index contributed by atoms with van der Waals surface area (Å²) in [5, 5.41) is 2.83. The third-order valence-corrected chi connectivity index (χ3v) is 3.00. The molecule has 0 spiro atoms. The Bertz CT molecular complexity index is 402. The van der Waals surface area contributed by atoms with Gasteiger partial charge in [-0.1, -0.05) is 6.07 Å². The Morgan fingerprint density at radius 2 is 2.35 bits per heavy atom. The fourth-order valence-corrected chi connectivity index (χ4v) is 1.82. The van der Waals surface area contributed by atoms with Crippen LogP contribution in [0.4, 0.5) is 5.69 Å². The van der Waals surface area contributed by atoms with Gasteiger partial charge >= 0.3 is 0 Å². The Morgan fingerprint density at radius 3 is 3.00 bits per heavy atom. The number of ether oxygens (including phenoxy) is 1. The smallest absolute Gasteiger partial charge is 0.225 e. The lowest BCUT2D eigenvalue weighted by Crippen LogP contribution is -2.28. The van der Waals surface area contributed by atoms with Crippen molar-refractivity contribution in [2.24, 2.45) is 11.7 Å². The zero-order chi connectivity index (χ0) is 12.3. The average Bonchev–Trinajstić information content (AvgIpc) is 3.12. The Hall–Kier alpha value is -1.55. The first-order chi connectivity index (χ1) is 8.19. The highest BCUT2D eigenvalue weighted by Crippen LogP contribution is 2.32. The molecule has 0 heterocycles. The highest BCUT2D eigenvalue weighted by Gasteiger charge is 2.29. The van der Waals surface area contributed by atoms with Crippen LogP contribution in [0, 0.1) is 5.92 Å². The molecule has 2 rings (SSSR count). The summed E-state index contributed by atoms with van der Waals surface area (Å²) in [5.74, 6) is 1.25. The van der Waals surface area contributed by atoms with Gasteiger partial charge in [0.2, 0.25) is 5.91 Å². The van der Waals surface area contributed by atoms with Crippen molar-refractivity contribution in [3.05, 3.63) is 24.3 Å². The van der Waals surface area contributed by atoms with E-state index in [-0.39, 0.29) is 11.9 Å². The number of methoxy groups -OCH3 is 1. The number of nitrogens with one attached hydrogen (secondary N) is 1. The first-order valence-corrected chi connectivity index (χ1v) is 5.88. The lowest BCUT2D eigenvalue weighted by molar-refractivity contribution is -0.116. The normalized spacial score (nSPS) is 16.4. The Morgan fingerprint density at radius 1 is 1.59 bits per heavy atom. The van der Waals surface area contributed by atoms with Crippen molar-refractivity contribution in [3.8, 4) is 5.75 Å². The third kappa shape index (κ3) is 3.46. The van der Waals surface area contributed by atoms with E-state index in [0.717, 1.165) is 24.3 Å². The van der Waals surface area contributed by atoms with E-state index >= 15 is 0 Å². The van der Waals surface area contributed by atoms with Crippen molar-refractivity contribution >= 4 is 11.6 Å². The molecule has 92 valence electrons. The van der Waals surface area contributed by atoms with Crippen LogP contribution in [0.25, 0.3) is 0 Å². The van der Waals surface area contributed by atoms with Crippen molar-refractivity contribution in [3.63, 3.8) is 0 Å². The second-order valence-corrected chi connectivity index (χ2v) is 4.49. The number of hydrogen-bond acceptors (Lipinski definition) is 3. The summed E-state index contributed by atoms with van der Waals surface area (Å²) in [7, 11) is 1.60. The van der Waals surface area contributed by atoms with Gasteiger partial charge in [-0.2, -0.15) is 0 Å².